The molecule has 1 heterocycles. The molecular weight excluding hydrogens is 404 g/mol. The van der Waals surface area contributed by atoms with Gasteiger partial charge in [-0.2, -0.15) is 0 Å². The van der Waals surface area contributed by atoms with E-state index < -0.39 is 10.0 Å². The van der Waals surface area contributed by atoms with Crippen LogP contribution in [0.3, 0.4) is 0 Å². The van der Waals surface area contributed by atoms with Crippen LogP contribution in [0.4, 0.5) is 5.69 Å². The number of ether oxygens (including phenoxy) is 2. The molecule has 0 saturated carbocycles. The summed E-state index contributed by atoms with van der Waals surface area (Å²) in [4.78, 5) is 13.7. The number of hydrogen-bond donors (Lipinski definition) is 1. The van der Waals surface area contributed by atoms with Gasteiger partial charge in [0.1, 0.15) is 0 Å². The minimum atomic E-state index is -3.70. The third-order valence-electron chi connectivity index (χ3n) is 4.92. The molecule has 1 amide bonds. The van der Waals surface area contributed by atoms with Crippen molar-refractivity contribution in [2.75, 3.05) is 18.6 Å². The molecule has 0 aliphatic carbocycles. The minimum Gasteiger partial charge on any atom is -0.493 e. The Balaban J connectivity index is 1.77. The number of aryl methyl sites for hydroxylation is 1. The first-order chi connectivity index (χ1) is 14.2. The van der Waals surface area contributed by atoms with Crippen LogP contribution < -0.4 is 19.1 Å². The first kappa shape index (κ1) is 22.1. The van der Waals surface area contributed by atoms with Crippen molar-refractivity contribution in [2.45, 2.75) is 51.2 Å². The van der Waals surface area contributed by atoms with Crippen molar-refractivity contribution in [3.05, 3.63) is 47.5 Å². The molecule has 162 valence electrons. The van der Waals surface area contributed by atoms with Gasteiger partial charge in [-0.05, 0) is 68.1 Å². The molecule has 1 aliphatic rings. The predicted octanol–water partition coefficient (Wildman–Crippen LogP) is 3.26. The van der Waals surface area contributed by atoms with Gasteiger partial charge in [0.15, 0.2) is 11.5 Å². The molecule has 0 fully saturated rings. The quantitative estimate of drug-likeness (QED) is 0.726. The molecule has 8 heteroatoms. The zero-order chi connectivity index (χ0) is 21.9. The van der Waals surface area contributed by atoms with Gasteiger partial charge >= 0.3 is 0 Å². The van der Waals surface area contributed by atoms with Gasteiger partial charge in [-0.3, -0.25) is 4.79 Å². The number of amides is 1. The van der Waals surface area contributed by atoms with Crippen LogP contribution in [-0.2, 0) is 27.8 Å². The lowest BCUT2D eigenvalue weighted by Crippen LogP contribution is -2.33. The lowest BCUT2D eigenvalue weighted by atomic mass is 10.0. The lowest BCUT2D eigenvalue weighted by Gasteiger charge is -2.28. The molecule has 2 aromatic rings. The number of carbonyl (C=O) groups is 1. The highest BCUT2D eigenvalue weighted by molar-refractivity contribution is 7.89. The number of sulfonamides is 1. The maximum absolute atomic E-state index is 12.8. The Hall–Kier alpha value is -2.58. The molecule has 3 rings (SSSR count). The normalized spacial score (nSPS) is 13.8. The van der Waals surface area contributed by atoms with Gasteiger partial charge in [-0.25, -0.2) is 13.1 Å². The van der Waals surface area contributed by atoms with E-state index in [2.05, 4.69) is 4.72 Å². The highest BCUT2D eigenvalue weighted by atomic mass is 32.2. The summed E-state index contributed by atoms with van der Waals surface area (Å²) in [5.41, 5.74) is 2.42. The number of hydrogen-bond acceptors (Lipinski definition) is 5. The van der Waals surface area contributed by atoms with Crippen molar-refractivity contribution in [1.29, 1.82) is 0 Å². The SMILES string of the molecule is COc1cc(CNS(=O)(=O)c2ccc3c(c2)CCCN3C(C)=O)ccc1OC(C)C. The van der Waals surface area contributed by atoms with E-state index >= 15 is 0 Å². The summed E-state index contributed by atoms with van der Waals surface area (Å²) >= 11 is 0. The standard InChI is InChI=1S/C22H28N2O5S/c1-15(2)29-21-10-7-17(12-22(21)28-4)14-23-30(26,27)19-8-9-20-18(13-19)6-5-11-24(20)16(3)25/h7-10,12-13,15,23H,5-6,11,14H2,1-4H3. The fourth-order valence-electron chi connectivity index (χ4n) is 3.50. The van der Waals surface area contributed by atoms with E-state index in [1.807, 2.05) is 13.8 Å². The first-order valence-electron chi connectivity index (χ1n) is 9.95. The van der Waals surface area contributed by atoms with Crippen LogP contribution in [0, 0.1) is 0 Å². The molecule has 30 heavy (non-hydrogen) atoms. The summed E-state index contributed by atoms with van der Waals surface area (Å²) in [5.74, 6) is 1.13. The van der Waals surface area contributed by atoms with Crippen molar-refractivity contribution in [1.82, 2.24) is 4.72 Å². The van der Waals surface area contributed by atoms with E-state index in [1.165, 1.54) is 6.92 Å². The van der Waals surface area contributed by atoms with Gasteiger partial charge in [-0.15, -0.1) is 0 Å². The maximum atomic E-state index is 12.8. The van der Waals surface area contributed by atoms with Crippen molar-refractivity contribution in [3.8, 4) is 11.5 Å². The molecular formula is C22H28N2O5S. The Kier molecular flexibility index (Phi) is 6.67. The van der Waals surface area contributed by atoms with E-state index in [0.717, 1.165) is 29.7 Å². The highest BCUT2D eigenvalue weighted by Crippen LogP contribution is 2.31. The largest absolute Gasteiger partial charge is 0.493 e. The average Bonchev–Trinajstić information content (AvgIpc) is 2.71. The van der Waals surface area contributed by atoms with Gasteiger partial charge in [0.25, 0.3) is 0 Å². The second kappa shape index (κ2) is 9.06. The Morgan fingerprint density at radius 2 is 1.93 bits per heavy atom. The van der Waals surface area contributed by atoms with Gasteiger partial charge < -0.3 is 14.4 Å². The summed E-state index contributed by atoms with van der Waals surface area (Å²) in [6.45, 7) is 6.15. The van der Waals surface area contributed by atoms with Gasteiger partial charge in [0.05, 0.1) is 18.1 Å². The van der Waals surface area contributed by atoms with Crippen molar-refractivity contribution in [3.63, 3.8) is 0 Å². The number of nitrogens with zero attached hydrogens (tertiary/aromatic N) is 1. The second-order valence-electron chi connectivity index (χ2n) is 7.54. The Bertz CT molecular complexity index is 1030. The van der Waals surface area contributed by atoms with E-state index in [-0.39, 0.29) is 23.5 Å². The molecule has 0 spiro atoms. The second-order valence-corrected chi connectivity index (χ2v) is 9.31. The van der Waals surface area contributed by atoms with Crippen LogP contribution in [0.15, 0.2) is 41.3 Å². The Morgan fingerprint density at radius 3 is 2.60 bits per heavy atom. The van der Waals surface area contributed by atoms with Gasteiger partial charge in [0, 0.05) is 25.7 Å². The van der Waals surface area contributed by atoms with Crippen molar-refractivity contribution >= 4 is 21.6 Å². The summed E-state index contributed by atoms with van der Waals surface area (Å²) < 4.78 is 39.3. The summed E-state index contributed by atoms with van der Waals surface area (Å²) in [6.07, 6.45) is 1.57. The lowest BCUT2D eigenvalue weighted by molar-refractivity contribution is -0.116. The fraction of sp³-hybridized carbons (Fsp3) is 0.409. The van der Waals surface area contributed by atoms with Crippen LogP contribution in [0.1, 0.15) is 38.3 Å². The number of benzene rings is 2. The molecule has 0 saturated heterocycles. The van der Waals surface area contributed by atoms with Crippen LogP contribution >= 0.6 is 0 Å². The number of carbonyl (C=O) groups excluding carboxylic acids is 1. The first-order valence-corrected chi connectivity index (χ1v) is 11.4. The summed E-state index contributed by atoms with van der Waals surface area (Å²) in [7, 11) is -2.15. The molecule has 0 bridgehead atoms. The van der Waals surface area contributed by atoms with Crippen molar-refractivity contribution in [2.24, 2.45) is 0 Å². The van der Waals surface area contributed by atoms with Crippen LogP contribution in [0.2, 0.25) is 0 Å². The highest BCUT2D eigenvalue weighted by Gasteiger charge is 2.23. The van der Waals surface area contributed by atoms with E-state index in [0.29, 0.717) is 18.0 Å². The molecule has 1 aliphatic heterocycles. The van der Waals surface area contributed by atoms with E-state index in [4.69, 9.17) is 9.47 Å². The third kappa shape index (κ3) is 4.94. The maximum Gasteiger partial charge on any atom is 0.240 e. The number of fused-ring (bicyclic) bond motifs is 1. The topological polar surface area (TPSA) is 84.9 Å². The van der Waals surface area contributed by atoms with E-state index in [1.54, 1.807) is 48.4 Å². The van der Waals surface area contributed by atoms with Crippen LogP contribution in [0.25, 0.3) is 0 Å². The predicted molar refractivity (Wildman–Crippen MR) is 116 cm³/mol. The molecule has 0 aromatic heterocycles. The zero-order valence-electron chi connectivity index (χ0n) is 17.8. The van der Waals surface area contributed by atoms with Crippen LogP contribution in [-0.4, -0.2) is 34.1 Å². The minimum absolute atomic E-state index is 0.00573. The number of anilines is 1. The molecule has 0 unspecified atom stereocenters. The van der Waals surface area contributed by atoms with Gasteiger partial charge in [-0.1, -0.05) is 6.07 Å². The number of rotatable bonds is 7. The zero-order valence-corrected chi connectivity index (χ0v) is 18.6. The smallest absolute Gasteiger partial charge is 0.240 e. The summed E-state index contributed by atoms with van der Waals surface area (Å²) in [6, 6.07) is 10.3. The number of nitrogens with one attached hydrogen (secondary N) is 1. The Labute approximate surface area is 178 Å². The molecule has 2 aromatic carbocycles. The summed E-state index contributed by atoms with van der Waals surface area (Å²) in [5, 5.41) is 0. The molecule has 0 atom stereocenters. The fourth-order valence-corrected chi connectivity index (χ4v) is 4.57. The molecule has 0 radical (unpaired) electrons. The third-order valence-corrected chi connectivity index (χ3v) is 6.32. The van der Waals surface area contributed by atoms with Crippen molar-refractivity contribution < 1.29 is 22.7 Å². The monoisotopic (exact) mass is 432 g/mol. The van der Waals surface area contributed by atoms with E-state index in [9.17, 15) is 13.2 Å². The van der Waals surface area contributed by atoms with Gasteiger partial charge in [0.2, 0.25) is 15.9 Å². The molecule has 7 nitrogen and oxygen atoms in total. The average molecular weight is 433 g/mol. The Morgan fingerprint density at radius 1 is 1.17 bits per heavy atom. The number of methoxy groups -OCH3 is 1. The molecule has 1 N–H and O–H groups in total. The van der Waals surface area contributed by atoms with Crippen LogP contribution in [0.5, 0.6) is 11.5 Å².